The average Bonchev–Trinajstić information content (AvgIpc) is 4.46. The molecule has 0 aliphatic rings. The van der Waals surface area contributed by atoms with Crippen molar-refractivity contribution in [3.05, 3.63) is 227 Å². The first kappa shape index (κ1) is 77.8. The molecule has 6 nitrogen and oxygen atoms in total. The van der Waals surface area contributed by atoms with Crippen LogP contribution in [-0.2, 0) is 0 Å². The minimum atomic E-state index is -0.317. The van der Waals surface area contributed by atoms with Gasteiger partial charge in [0, 0.05) is 64.9 Å². The number of unbranched alkanes of at least 4 members (excludes halogenated alkanes) is 6. The first-order valence-corrected chi connectivity index (χ1v) is 36.0. The lowest BCUT2D eigenvalue weighted by molar-refractivity contribution is -0.386. The molecule has 5 aromatic carbocycles. The fraction of sp³-hybridized carbons (Fsp3) is 0.333. The van der Waals surface area contributed by atoms with Crippen LogP contribution in [0.3, 0.4) is 0 Å². The van der Waals surface area contributed by atoms with Crippen LogP contribution in [0.4, 0.5) is 5.69 Å². The summed E-state index contributed by atoms with van der Waals surface area (Å²) in [4.78, 5) is 23.5. The highest BCUT2D eigenvalue weighted by molar-refractivity contribution is 7.99. The number of hydrogen-bond donors (Lipinski definition) is 2. The zero-order chi connectivity index (χ0) is 63.6. The van der Waals surface area contributed by atoms with Crippen LogP contribution in [0.15, 0.2) is 224 Å². The van der Waals surface area contributed by atoms with Crippen molar-refractivity contribution >= 4 is 63.6 Å². The van der Waals surface area contributed by atoms with Crippen LogP contribution in [0.1, 0.15) is 146 Å². The van der Waals surface area contributed by atoms with E-state index in [1.807, 2.05) is 165 Å². The van der Waals surface area contributed by atoms with Crippen LogP contribution in [0.5, 0.6) is 0 Å². The molecular weight excluding hydrogens is 1150 g/mol. The van der Waals surface area contributed by atoms with Crippen LogP contribution in [0.25, 0.3) is 54.7 Å². The van der Waals surface area contributed by atoms with Gasteiger partial charge in [-0.15, -0.1) is 58.0 Å². The van der Waals surface area contributed by atoms with Gasteiger partial charge in [-0.05, 0) is 175 Å². The van der Waals surface area contributed by atoms with Crippen molar-refractivity contribution in [1.29, 1.82) is 0 Å². The van der Waals surface area contributed by atoms with Gasteiger partial charge in [0.05, 0.1) is 11.2 Å². The zero-order valence-corrected chi connectivity index (χ0v) is 58.5. The van der Waals surface area contributed by atoms with Crippen molar-refractivity contribution in [3.8, 4) is 54.7 Å². The normalized spacial score (nSPS) is 9.57. The zero-order valence-electron chi connectivity index (χ0n) is 54.4. The van der Waals surface area contributed by atoms with Crippen LogP contribution >= 0.6 is 58.0 Å². The van der Waals surface area contributed by atoms with E-state index in [4.69, 9.17) is 4.42 Å². The minimum absolute atomic E-state index is 0.223. The molecular formula is C75H101N3O3S5. The first-order valence-electron chi connectivity index (χ1n) is 31.1. The fourth-order valence-corrected chi connectivity index (χ4v) is 11.7. The number of aromatic nitrogens is 2. The molecule has 0 fully saturated rings. The molecule has 86 heavy (non-hydrogen) atoms. The van der Waals surface area contributed by atoms with E-state index in [2.05, 4.69) is 157 Å². The highest BCUT2D eigenvalue weighted by Crippen LogP contribution is 2.33. The molecule has 5 aromatic heterocycles. The third-order valence-electron chi connectivity index (χ3n) is 12.0. The van der Waals surface area contributed by atoms with Crippen molar-refractivity contribution in [1.82, 2.24) is 9.97 Å². The van der Waals surface area contributed by atoms with Gasteiger partial charge in [0.1, 0.15) is 5.76 Å². The Bertz CT molecular complexity index is 2940. The molecule has 0 aliphatic heterocycles. The summed E-state index contributed by atoms with van der Waals surface area (Å²) >= 11 is 9.09. The number of H-pyrrole nitrogens is 2. The van der Waals surface area contributed by atoms with Gasteiger partial charge in [-0.2, -0.15) is 0 Å². The van der Waals surface area contributed by atoms with E-state index >= 15 is 0 Å². The summed E-state index contributed by atoms with van der Waals surface area (Å²) in [6.45, 7) is 28.1. The van der Waals surface area contributed by atoms with Crippen LogP contribution in [-0.4, -0.2) is 32.7 Å². The summed E-state index contributed by atoms with van der Waals surface area (Å²) in [5.74, 6) is 3.40. The summed E-state index contributed by atoms with van der Waals surface area (Å²) < 4.78 is 5.38. The Balaban J connectivity index is 0.000000522. The third kappa shape index (κ3) is 30.4. The maximum atomic E-state index is 10.8. The highest BCUT2D eigenvalue weighted by atomic mass is 32.2. The number of thioether (sulfide) groups is 3. The number of aryl methyl sites for hydroxylation is 2. The number of nitro groups is 1. The summed E-state index contributed by atoms with van der Waals surface area (Å²) in [7, 11) is 0. The second kappa shape index (κ2) is 50.9. The number of hydrogen-bond acceptors (Lipinski definition) is 8. The van der Waals surface area contributed by atoms with Gasteiger partial charge in [-0.3, -0.25) is 10.1 Å². The molecule has 10 aromatic rings. The second-order valence-corrected chi connectivity index (χ2v) is 22.9. The van der Waals surface area contributed by atoms with E-state index < -0.39 is 0 Å². The molecule has 11 heteroatoms. The van der Waals surface area contributed by atoms with Gasteiger partial charge in [-0.1, -0.05) is 200 Å². The second-order valence-electron chi connectivity index (χ2n) is 17.8. The lowest BCUT2D eigenvalue weighted by Crippen LogP contribution is -1.95. The van der Waals surface area contributed by atoms with Crippen molar-refractivity contribution < 1.29 is 9.34 Å². The molecule has 5 heterocycles. The largest absolute Gasteiger partial charge is 0.464 e. The Labute approximate surface area is 541 Å². The number of aromatic amines is 2. The molecule has 10 rings (SSSR count). The predicted octanol–water partition coefficient (Wildman–Crippen LogP) is 26.9. The predicted molar refractivity (Wildman–Crippen MR) is 390 cm³/mol. The van der Waals surface area contributed by atoms with Crippen LogP contribution < -0.4 is 0 Å². The van der Waals surface area contributed by atoms with Crippen molar-refractivity contribution in [2.75, 3.05) is 17.8 Å². The van der Waals surface area contributed by atoms with E-state index in [0.717, 1.165) is 21.8 Å². The summed E-state index contributed by atoms with van der Waals surface area (Å²) in [6.07, 6.45) is 18.4. The van der Waals surface area contributed by atoms with E-state index in [-0.39, 0.29) is 10.6 Å². The van der Waals surface area contributed by atoms with E-state index in [1.165, 1.54) is 111 Å². The summed E-state index contributed by atoms with van der Waals surface area (Å²) in [5, 5.41) is 14.9. The number of thiophene rings is 2. The fourth-order valence-electron chi connectivity index (χ4n) is 7.99. The lowest BCUT2D eigenvalue weighted by atomic mass is 10.0. The Hall–Kier alpha value is -6.21. The van der Waals surface area contributed by atoms with Gasteiger partial charge >= 0.3 is 0 Å². The minimum Gasteiger partial charge on any atom is -0.464 e. The van der Waals surface area contributed by atoms with Crippen LogP contribution in [0, 0.1) is 24.0 Å². The third-order valence-corrected chi connectivity index (χ3v) is 16.8. The quantitative estimate of drug-likeness (QED) is 0.0363. The number of rotatable bonds is 19. The Morgan fingerprint density at radius 2 is 0.884 bits per heavy atom. The molecule has 0 atom stereocenters. The van der Waals surface area contributed by atoms with Gasteiger partial charge < -0.3 is 14.4 Å². The Morgan fingerprint density at radius 1 is 0.453 bits per heavy atom. The number of nitrogens with one attached hydrogen (secondary N) is 2. The number of furan rings is 1. The Kier molecular flexibility index (Phi) is 46.0. The van der Waals surface area contributed by atoms with Gasteiger partial charge in [-0.25, -0.2) is 0 Å². The molecule has 0 saturated carbocycles. The number of benzene rings is 5. The van der Waals surface area contributed by atoms with Gasteiger partial charge in [0.25, 0.3) is 5.69 Å². The Morgan fingerprint density at radius 3 is 1.24 bits per heavy atom. The van der Waals surface area contributed by atoms with Gasteiger partial charge in [0.2, 0.25) is 0 Å². The maximum Gasteiger partial charge on any atom is 0.275 e. The number of nitro benzene ring substituents is 1. The maximum absolute atomic E-state index is 10.8. The molecule has 0 aliphatic carbocycles. The van der Waals surface area contributed by atoms with E-state index in [1.54, 1.807) is 54.5 Å². The highest BCUT2D eigenvalue weighted by Gasteiger charge is 2.16. The first-order chi connectivity index (χ1) is 42.3. The SMILES string of the molecule is CC.CC.CC.CC.CC.CCCCCCSc1ccc(-c2ccc[nH]2)cc1.CCCCCCSc1ccc(-c2ccco2)cc1.CSc1ccc(-c2ccc[nH]2)cc1.Cc1cc(-c2cccs2)cc(C)c1[N+](=O)[O-].c1ccc(-c2cccs2)cc1. The average molecular weight is 1250 g/mol. The molecule has 0 radical (unpaired) electrons. The molecule has 0 saturated heterocycles. The van der Waals surface area contributed by atoms with E-state index in [9.17, 15) is 10.1 Å². The summed E-state index contributed by atoms with van der Waals surface area (Å²) in [6, 6.07) is 60.5. The molecule has 464 valence electrons. The monoisotopic (exact) mass is 1250 g/mol. The molecule has 0 amide bonds. The topological polar surface area (TPSA) is 87.9 Å². The molecule has 0 unspecified atom stereocenters. The summed E-state index contributed by atoms with van der Waals surface area (Å²) in [5.41, 5.74) is 10.0. The molecule has 0 spiro atoms. The molecule has 2 N–H and O–H groups in total. The van der Waals surface area contributed by atoms with Crippen molar-refractivity contribution in [2.24, 2.45) is 0 Å². The lowest BCUT2D eigenvalue weighted by Gasteiger charge is -2.04. The van der Waals surface area contributed by atoms with Crippen molar-refractivity contribution in [2.45, 2.75) is 163 Å². The van der Waals surface area contributed by atoms with Crippen LogP contribution in [0.2, 0.25) is 0 Å². The van der Waals surface area contributed by atoms with Gasteiger partial charge in [0.15, 0.2) is 0 Å². The van der Waals surface area contributed by atoms with E-state index in [0.29, 0.717) is 11.1 Å². The molecule has 0 bridgehead atoms. The smallest absolute Gasteiger partial charge is 0.275 e. The van der Waals surface area contributed by atoms with Crippen molar-refractivity contribution in [3.63, 3.8) is 0 Å². The number of nitrogens with zero attached hydrogens (tertiary/aromatic N) is 1. The standard InChI is InChI=1S/C16H21NS.C16H20OS.C12H11NO2S.C11H11NS.C10H8S.5C2H6/c2*1-2-3-4-5-13-18-15-10-8-14(9-11-15)16-7-6-12-17-16;1-8-6-10(11-4-3-5-16-11)7-9(2)12(8)13(14)15;1-13-10-6-4-9(5-7-10)11-3-2-8-12-11;1-2-5-9(6-3-1)10-7-4-8-11-10;5*1-2/h6-12,17H,2-5,13H2,1H3;6-12H,2-5,13H2,1H3;3-7H,1-2H3;2-8,12H,1H3;1-8H;5*1-2H3.